The number of nitriles is 1. The Morgan fingerprint density at radius 3 is 2.47 bits per heavy atom. The molecule has 0 aliphatic carbocycles. The van der Waals surface area contributed by atoms with Gasteiger partial charge in [-0.2, -0.15) is 5.26 Å². The molecular formula is C24H36N4O5S. The Hall–Kier alpha value is -2.64. The Morgan fingerprint density at radius 2 is 1.91 bits per heavy atom. The summed E-state index contributed by atoms with van der Waals surface area (Å²) in [5, 5.41) is 8.57. The number of sulfonamides is 1. The number of carbonyl (C=O) groups is 2. The molecule has 0 bridgehead atoms. The first kappa shape index (κ1) is 27.6. The zero-order chi connectivity index (χ0) is 25.5. The summed E-state index contributed by atoms with van der Waals surface area (Å²) < 4.78 is 32.5. The summed E-state index contributed by atoms with van der Waals surface area (Å²) in [6, 6.07) is 7.66. The topological polar surface area (TPSA) is 120 Å². The van der Waals surface area contributed by atoms with Crippen LogP contribution in [0.25, 0.3) is 0 Å². The summed E-state index contributed by atoms with van der Waals surface area (Å²) in [7, 11) is -3.73. The van der Waals surface area contributed by atoms with Crippen molar-refractivity contribution in [1.29, 1.82) is 5.26 Å². The summed E-state index contributed by atoms with van der Waals surface area (Å²) in [5.74, 6) is -0.0453. The van der Waals surface area contributed by atoms with Crippen LogP contribution < -0.4 is 4.72 Å². The number of benzene rings is 1. The predicted molar refractivity (Wildman–Crippen MR) is 129 cm³/mol. The van der Waals surface area contributed by atoms with E-state index in [0.29, 0.717) is 25.2 Å². The molecule has 188 valence electrons. The van der Waals surface area contributed by atoms with Crippen molar-refractivity contribution in [1.82, 2.24) is 14.5 Å². The first-order chi connectivity index (χ1) is 15.8. The smallest absolute Gasteiger partial charge is 0.410 e. The van der Waals surface area contributed by atoms with Gasteiger partial charge in [-0.25, -0.2) is 17.9 Å². The molecule has 1 heterocycles. The van der Waals surface area contributed by atoms with Crippen LogP contribution in [-0.2, 0) is 14.8 Å². The minimum atomic E-state index is -3.73. The fourth-order valence-corrected chi connectivity index (χ4v) is 4.81. The maximum atomic E-state index is 13.1. The van der Waals surface area contributed by atoms with Crippen molar-refractivity contribution in [3.8, 4) is 6.07 Å². The average Bonchev–Trinajstić information content (AvgIpc) is 2.76. The molecule has 1 atom stereocenters. The number of piperidine rings is 1. The third-order valence-electron chi connectivity index (χ3n) is 5.45. The van der Waals surface area contributed by atoms with Gasteiger partial charge in [0.15, 0.2) is 0 Å². The van der Waals surface area contributed by atoms with Crippen LogP contribution in [0.3, 0.4) is 0 Å². The summed E-state index contributed by atoms with van der Waals surface area (Å²) in [5.41, 5.74) is -0.173. The second-order valence-corrected chi connectivity index (χ2v) is 11.6. The van der Waals surface area contributed by atoms with Crippen LogP contribution in [0.1, 0.15) is 64.2 Å². The highest BCUT2D eigenvalue weighted by Crippen LogP contribution is 2.22. The standard InChI is InChI=1S/C24H36N4O5S/c1-18(2)28(23(30)33-24(3,4)5)17-19-8-6-15-27(16-19)22(29)20-9-11-21(12-10-20)34(31,32)26-14-7-13-25/h9-12,18-19,26H,6-8,14-17H2,1-5H3/t19-/m1/s1. The molecule has 1 aliphatic rings. The van der Waals surface area contributed by atoms with Crippen LogP contribution >= 0.6 is 0 Å². The molecule has 0 radical (unpaired) electrons. The molecule has 0 saturated carbocycles. The molecule has 2 amide bonds. The van der Waals surface area contributed by atoms with Crippen LogP contribution in [0, 0.1) is 17.2 Å². The van der Waals surface area contributed by atoms with E-state index >= 15 is 0 Å². The molecule has 1 fully saturated rings. The van der Waals surface area contributed by atoms with E-state index in [2.05, 4.69) is 4.72 Å². The minimum absolute atomic E-state index is 0.0304. The van der Waals surface area contributed by atoms with Crippen molar-refractivity contribution in [2.75, 3.05) is 26.2 Å². The van der Waals surface area contributed by atoms with E-state index in [1.165, 1.54) is 24.3 Å². The minimum Gasteiger partial charge on any atom is -0.444 e. The molecule has 1 aromatic rings. The Labute approximate surface area is 203 Å². The van der Waals surface area contributed by atoms with E-state index in [1.54, 1.807) is 9.80 Å². The molecule has 0 unspecified atom stereocenters. The normalized spacial score (nSPS) is 16.7. The van der Waals surface area contributed by atoms with Crippen LogP contribution in [0.5, 0.6) is 0 Å². The van der Waals surface area contributed by atoms with Gasteiger partial charge in [0, 0.05) is 44.2 Å². The molecule has 2 rings (SSSR count). The zero-order valence-corrected chi connectivity index (χ0v) is 21.5. The largest absolute Gasteiger partial charge is 0.444 e. The summed E-state index contributed by atoms with van der Waals surface area (Å²) in [4.78, 5) is 29.3. The van der Waals surface area contributed by atoms with Gasteiger partial charge in [0.25, 0.3) is 5.91 Å². The third kappa shape index (κ3) is 7.99. The van der Waals surface area contributed by atoms with Crippen molar-refractivity contribution in [2.24, 2.45) is 5.92 Å². The summed E-state index contributed by atoms with van der Waals surface area (Å²) in [6.07, 6.45) is 1.45. The molecule has 9 nitrogen and oxygen atoms in total. The SMILES string of the molecule is CC(C)N(C[C@@H]1CCCN(C(=O)c2ccc(S(=O)(=O)NCCC#N)cc2)C1)C(=O)OC(C)(C)C. The highest BCUT2D eigenvalue weighted by Gasteiger charge is 2.30. The molecule has 34 heavy (non-hydrogen) atoms. The monoisotopic (exact) mass is 492 g/mol. The quantitative estimate of drug-likeness (QED) is 0.556. The second-order valence-electron chi connectivity index (χ2n) is 9.82. The Bertz CT molecular complexity index is 994. The highest BCUT2D eigenvalue weighted by molar-refractivity contribution is 7.89. The van der Waals surface area contributed by atoms with Crippen LogP contribution in [0.4, 0.5) is 4.79 Å². The molecule has 0 aromatic heterocycles. The van der Waals surface area contributed by atoms with Gasteiger partial charge >= 0.3 is 6.09 Å². The lowest BCUT2D eigenvalue weighted by molar-refractivity contribution is 0.0124. The molecule has 1 aromatic carbocycles. The van der Waals surface area contributed by atoms with Crippen molar-refractivity contribution in [3.63, 3.8) is 0 Å². The number of likely N-dealkylation sites (tertiary alicyclic amines) is 1. The highest BCUT2D eigenvalue weighted by atomic mass is 32.2. The van der Waals surface area contributed by atoms with Crippen LogP contribution in [0.2, 0.25) is 0 Å². The van der Waals surface area contributed by atoms with Crippen molar-refractivity contribution >= 4 is 22.0 Å². The Balaban J connectivity index is 2.04. The van der Waals surface area contributed by atoms with Gasteiger partial charge in [-0.3, -0.25) is 4.79 Å². The van der Waals surface area contributed by atoms with Gasteiger partial charge in [0.1, 0.15) is 5.60 Å². The van der Waals surface area contributed by atoms with Crippen LogP contribution in [-0.4, -0.2) is 68.0 Å². The predicted octanol–water partition coefficient (Wildman–Crippen LogP) is 3.38. The van der Waals surface area contributed by atoms with Crippen molar-refractivity contribution in [3.05, 3.63) is 29.8 Å². The van der Waals surface area contributed by atoms with Gasteiger partial charge in [-0.1, -0.05) is 0 Å². The lowest BCUT2D eigenvalue weighted by atomic mass is 9.96. The number of ether oxygens (including phenoxy) is 1. The maximum absolute atomic E-state index is 13.1. The molecule has 10 heteroatoms. The number of carbonyl (C=O) groups excluding carboxylic acids is 2. The van der Waals surface area contributed by atoms with Crippen LogP contribution in [0.15, 0.2) is 29.2 Å². The van der Waals surface area contributed by atoms with Crippen molar-refractivity contribution in [2.45, 2.75) is 70.4 Å². The summed E-state index contributed by atoms with van der Waals surface area (Å²) >= 11 is 0. The molecular weight excluding hydrogens is 456 g/mol. The molecule has 1 N–H and O–H groups in total. The van der Waals surface area contributed by atoms with Gasteiger partial charge < -0.3 is 14.5 Å². The summed E-state index contributed by atoms with van der Waals surface area (Å²) in [6.45, 7) is 11.1. The zero-order valence-electron chi connectivity index (χ0n) is 20.7. The van der Waals surface area contributed by atoms with Gasteiger partial charge in [-0.15, -0.1) is 0 Å². The number of rotatable bonds is 8. The Morgan fingerprint density at radius 1 is 1.26 bits per heavy atom. The number of hydrogen-bond acceptors (Lipinski definition) is 6. The van der Waals surface area contributed by atoms with E-state index in [4.69, 9.17) is 10.00 Å². The lowest BCUT2D eigenvalue weighted by Gasteiger charge is -2.37. The van der Waals surface area contributed by atoms with E-state index in [-0.39, 0.29) is 41.8 Å². The molecule has 1 saturated heterocycles. The number of amides is 2. The average molecular weight is 493 g/mol. The van der Waals surface area contributed by atoms with E-state index < -0.39 is 15.6 Å². The Kier molecular flexibility index (Phi) is 9.47. The van der Waals surface area contributed by atoms with Gasteiger partial charge in [-0.05, 0) is 77.6 Å². The van der Waals surface area contributed by atoms with E-state index in [0.717, 1.165) is 12.8 Å². The maximum Gasteiger partial charge on any atom is 0.410 e. The van der Waals surface area contributed by atoms with Gasteiger partial charge in [0.05, 0.1) is 11.0 Å². The lowest BCUT2D eigenvalue weighted by Crippen LogP contribution is -2.48. The fraction of sp³-hybridized carbons (Fsp3) is 0.625. The second kappa shape index (κ2) is 11.7. The number of nitrogens with one attached hydrogen (secondary N) is 1. The fourth-order valence-electron chi connectivity index (χ4n) is 3.78. The molecule has 1 aliphatic heterocycles. The number of hydrogen-bond donors (Lipinski definition) is 1. The van der Waals surface area contributed by atoms with E-state index in [1.807, 2.05) is 40.7 Å². The first-order valence-electron chi connectivity index (χ1n) is 11.6. The number of nitrogens with zero attached hydrogens (tertiary/aromatic N) is 3. The molecule has 0 spiro atoms. The van der Waals surface area contributed by atoms with Gasteiger partial charge in [0.2, 0.25) is 10.0 Å². The van der Waals surface area contributed by atoms with Crippen molar-refractivity contribution < 1.29 is 22.7 Å². The first-order valence-corrected chi connectivity index (χ1v) is 13.1. The third-order valence-corrected chi connectivity index (χ3v) is 6.93. The van der Waals surface area contributed by atoms with E-state index in [9.17, 15) is 18.0 Å².